The Morgan fingerprint density at radius 1 is 1.23 bits per heavy atom. The zero-order valence-electron chi connectivity index (χ0n) is 15.6. The minimum Gasteiger partial charge on any atom is -0.370 e. The molecule has 1 atom stereocenters. The molecule has 2 N–H and O–H groups in total. The van der Waals surface area contributed by atoms with E-state index < -0.39 is 33.4 Å². The van der Waals surface area contributed by atoms with Gasteiger partial charge < -0.3 is 10.3 Å². The van der Waals surface area contributed by atoms with E-state index in [1.807, 2.05) is 0 Å². The zero-order chi connectivity index (χ0) is 22.3. The molecule has 0 aliphatic carbocycles. The maximum atomic E-state index is 13.6. The predicted molar refractivity (Wildman–Crippen MR) is 103 cm³/mol. The lowest BCUT2D eigenvalue weighted by Gasteiger charge is -2.21. The van der Waals surface area contributed by atoms with Crippen LogP contribution in [0.5, 0.6) is 0 Å². The highest BCUT2D eigenvalue weighted by Gasteiger charge is 2.35. The Morgan fingerprint density at radius 3 is 2.50 bits per heavy atom. The number of aromatic nitrogens is 3. The predicted octanol–water partition coefficient (Wildman–Crippen LogP) is 4.53. The number of nitrogens with one attached hydrogen (secondary N) is 2. The molecule has 0 aliphatic heterocycles. The first-order chi connectivity index (χ1) is 13.9. The van der Waals surface area contributed by atoms with Gasteiger partial charge in [0.2, 0.25) is 0 Å². The Bertz CT molecular complexity index is 1200. The van der Waals surface area contributed by atoms with E-state index in [1.165, 1.54) is 19.1 Å². The topological polar surface area (TPSA) is 87.7 Å². The third-order valence-corrected chi connectivity index (χ3v) is 5.58. The van der Waals surface area contributed by atoms with Crippen molar-refractivity contribution in [2.24, 2.45) is 0 Å². The second-order valence-corrected chi connectivity index (χ2v) is 8.83. The SMILES string of the molecule is Cc1[nH]c(C(Nc2cnccc2C(F)(F)F)c2ccc(F)c(Cl)c2)nc1S(C)(=O)=O. The number of pyridine rings is 1. The molecular formula is C18H15ClF4N4O2S. The lowest BCUT2D eigenvalue weighted by Crippen LogP contribution is -2.18. The number of aryl methyl sites for hydroxylation is 1. The van der Waals surface area contributed by atoms with Crippen molar-refractivity contribution >= 4 is 27.1 Å². The van der Waals surface area contributed by atoms with Crippen LogP contribution in [0.25, 0.3) is 0 Å². The molecule has 1 unspecified atom stereocenters. The molecule has 12 heteroatoms. The van der Waals surface area contributed by atoms with E-state index in [0.29, 0.717) is 0 Å². The average molecular weight is 463 g/mol. The number of rotatable bonds is 5. The number of alkyl halides is 3. The number of aromatic amines is 1. The van der Waals surface area contributed by atoms with Crippen LogP contribution in [0.2, 0.25) is 5.02 Å². The molecule has 6 nitrogen and oxygen atoms in total. The van der Waals surface area contributed by atoms with Gasteiger partial charge in [-0.05, 0) is 30.7 Å². The Hall–Kier alpha value is -2.66. The number of hydrogen-bond donors (Lipinski definition) is 2. The zero-order valence-corrected chi connectivity index (χ0v) is 17.1. The van der Waals surface area contributed by atoms with Gasteiger partial charge in [-0.1, -0.05) is 17.7 Å². The fourth-order valence-electron chi connectivity index (χ4n) is 2.88. The van der Waals surface area contributed by atoms with E-state index >= 15 is 0 Å². The molecule has 0 saturated heterocycles. The molecule has 0 radical (unpaired) electrons. The van der Waals surface area contributed by atoms with E-state index in [9.17, 15) is 26.0 Å². The van der Waals surface area contributed by atoms with Crippen LogP contribution in [-0.4, -0.2) is 29.6 Å². The molecule has 3 rings (SSSR count). The standard InChI is InChI=1S/C18H15ClF4N4O2S/c1-9-17(30(2,28)29)27-16(25-9)15(10-3-4-13(20)12(19)7-10)26-14-8-24-6-5-11(14)18(21,22)23/h3-8,15,26H,1-2H3,(H,25,27). The molecule has 1 aromatic carbocycles. The molecule has 0 spiro atoms. The van der Waals surface area contributed by atoms with Crippen molar-refractivity contribution in [2.75, 3.05) is 11.6 Å². The molecule has 3 aromatic rings. The first-order valence-corrected chi connectivity index (χ1v) is 10.6. The minimum atomic E-state index is -4.67. The lowest BCUT2D eigenvalue weighted by molar-refractivity contribution is -0.137. The Kier molecular flexibility index (Phi) is 5.79. The molecule has 0 fully saturated rings. The van der Waals surface area contributed by atoms with E-state index in [2.05, 4.69) is 20.3 Å². The molecule has 0 aliphatic rings. The van der Waals surface area contributed by atoms with Gasteiger partial charge >= 0.3 is 6.18 Å². The summed E-state index contributed by atoms with van der Waals surface area (Å²) < 4.78 is 77.7. The van der Waals surface area contributed by atoms with Crippen LogP contribution >= 0.6 is 11.6 Å². The first-order valence-electron chi connectivity index (χ1n) is 8.37. The number of benzene rings is 1. The van der Waals surface area contributed by atoms with E-state index in [-0.39, 0.29) is 32.8 Å². The van der Waals surface area contributed by atoms with Crippen molar-refractivity contribution < 1.29 is 26.0 Å². The summed E-state index contributed by atoms with van der Waals surface area (Å²) >= 11 is 5.84. The molecule has 2 aromatic heterocycles. The van der Waals surface area contributed by atoms with Crippen molar-refractivity contribution in [1.82, 2.24) is 15.0 Å². The van der Waals surface area contributed by atoms with Gasteiger partial charge in [-0.25, -0.2) is 17.8 Å². The van der Waals surface area contributed by atoms with E-state index in [4.69, 9.17) is 11.6 Å². The van der Waals surface area contributed by atoms with Gasteiger partial charge in [0.05, 0.1) is 28.2 Å². The largest absolute Gasteiger partial charge is 0.418 e. The van der Waals surface area contributed by atoms with E-state index in [1.54, 1.807) is 0 Å². The molecule has 30 heavy (non-hydrogen) atoms. The highest BCUT2D eigenvalue weighted by atomic mass is 35.5. The summed E-state index contributed by atoms with van der Waals surface area (Å²) in [5.74, 6) is -0.712. The summed E-state index contributed by atoms with van der Waals surface area (Å²) in [5, 5.41) is 2.17. The first kappa shape index (κ1) is 22.0. The molecule has 0 amide bonds. The minimum absolute atomic E-state index is 0.00702. The number of nitrogens with zero attached hydrogens (tertiary/aromatic N) is 2. The van der Waals surface area contributed by atoms with Crippen molar-refractivity contribution in [2.45, 2.75) is 24.2 Å². The van der Waals surface area contributed by atoms with Gasteiger partial charge in [0, 0.05) is 12.5 Å². The molecule has 160 valence electrons. The molecule has 2 heterocycles. The number of imidazole rings is 1. The Morgan fingerprint density at radius 2 is 1.93 bits per heavy atom. The normalized spacial score (nSPS) is 13.3. The van der Waals surface area contributed by atoms with Crippen LogP contribution in [0.1, 0.15) is 28.7 Å². The fourth-order valence-corrected chi connectivity index (χ4v) is 3.94. The summed E-state index contributed by atoms with van der Waals surface area (Å²) in [7, 11) is -3.70. The maximum Gasteiger partial charge on any atom is 0.418 e. The third kappa shape index (κ3) is 4.57. The number of anilines is 1. The molecule has 0 bridgehead atoms. The number of H-pyrrole nitrogens is 1. The highest BCUT2D eigenvalue weighted by molar-refractivity contribution is 7.90. The van der Waals surface area contributed by atoms with Crippen molar-refractivity contribution in [3.63, 3.8) is 0 Å². The summed E-state index contributed by atoms with van der Waals surface area (Å²) in [5.41, 5.74) is -0.894. The molecular weight excluding hydrogens is 448 g/mol. The van der Waals surface area contributed by atoms with E-state index in [0.717, 1.165) is 30.8 Å². The average Bonchev–Trinajstić information content (AvgIpc) is 3.03. The van der Waals surface area contributed by atoms with Crippen LogP contribution in [0.15, 0.2) is 41.7 Å². The van der Waals surface area contributed by atoms with Gasteiger partial charge in [-0.2, -0.15) is 13.2 Å². The highest BCUT2D eigenvalue weighted by Crippen LogP contribution is 2.37. The van der Waals surface area contributed by atoms with Crippen LogP contribution in [0.3, 0.4) is 0 Å². The summed E-state index contributed by atoms with van der Waals surface area (Å²) in [6.07, 6.45) is -1.74. The quantitative estimate of drug-likeness (QED) is 0.544. The summed E-state index contributed by atoms with van der Waals surface area (Å²) in [4.78, 5) is 10.5. The summed E-state index contributed by atoms with van der Waals surface area (Å²) in [6, 6.07) is 3.26. The fraction of sp³-hybridized carbons (Fsp3) is 0.222. The maximum absolute atomic E-state index is 13.6. The number of hydrogen-bond acceptors (Lipinski definition) is 5. The van der Waals surface area contributed by atoms with Crippen LogP contribution in [0, 0.1) is 12.7 Å². The second-order valence-electron chi connectivity index (χ2n) is 6.49. The number of sulfone groups is 1. The van der Waals surface area contributed by atoms with Crippen LogP contribution in [-0.2, 0) is 16.0 Å². The van der Waals surface area contributed by atoms with Gasteiger partial charge in [0.15, 0.2) is 14.9 Å². The third-order valence-electron chi connectivity index (χ3n) is 4.19. The van der Waals surface area contributed by atoms with Crippen LogP contribution < -0.4 is 5.32 Å². The summed E-state index contributed by atoms with van der Waals surface area (Å²) in [6.45, 7) is 1.47. The van der Waals surface area contributed by atoms with Gasteiger partial charge in [-0.3, -0.25) is 4.98 Å². The van der Waals surface area contributed by atoms with Crippen LogP contribution in [0.4, 0.5) is 23.2 Å². The number of halogens is 5. The Balaban J connectivity index is 2.16. The van der Waals surface area contributed by atoms with Crippen molar-refractivity contribution in [3.8, 4) is 0 Å². The van der Waals surface area contributed by atoms with Crippen molar-refractivity contribution in [1.29, 1.82) is 0 Å². The monoisotopic (exact) mass is 462 g/mol. The smallest absolute Gasteiger partial charge is 0.370 e. The van der Waals surface area contributed by atoms with Crippen molar-refractivity contribution in [3.05, 3.63) is 70.1 Å². The van der Waals surface area contributed by atoms with Gasteiger partial charge in [0.1, 0.15) is 17.7 Å². The molecule has 0 saturated carbocycles. The second kappa shape index (κ2) is 7.88. The Labute approximate surface area is 174 Å². The van der Waals surface area contributed by atoms with Gasteiger partial charge in [-0.15, -0.1) is 0 Å². The lowest BCUT2D eigenvalue weighted by atomic mass is 10.0. The van der Waals surface area contributed by atoms with Gasteiger partial charge in [0.25, 0.3) is 0 Å².